The van der Waals surface area contributed by atoms with Crippen LogP contribution >= 0.6 is 0 Å². The van der Waals surface area contributed by atoms with Gasteiger partial charge in [-0.2, -0.15) is 0 Å². The van der Waals surface area contributed by atoms with Gasteiger partial charge in [0.15, 0.2) is 6.23 Å². The smallest absolute Gasteiger partial charge is 0.408 e. The van der Waals surface area contributed by atoms with Gasteiger partial charge in [-0.1, -0.05) is 99.8 Å². The average molecular weight is 1140 g/mol. The van der Waals surface area contributed by atoms with Gasteiger partial charge in [-0.25, -0.2) is 56.9 Å². The molecule has 80 heavy (non-hydrogen) atoms. The lowest BCUT2D eigenvalue weighted by molar-refractivity contribution is -0.139. The highest BCUT2D eigenvalue weighted by atomic mass is 16.6. The first-order valence-electron chi connectivity index (χ1n) is 28.6. The Morgan fingerprint density at radius 3 is 1.00 bits per heavy atom. The summed E-state index contributed by atoms with van der Waals surface area (Å²) >= 11 is 0. The molecule has 3 amide bonds. The molecule has 0 spiro atoms. The number of nitrogens with one attached hydrogen (secondary N) is 3. The van der Waals surface area contributed by atoms with E-state index < -0.39 is 91.3 Å². The van der Waals surface area contributed by atoms with Crippen molar-refractivity contribution in [2.75, 3.05) is 91.8 Å². The van der Waals surface area contributed by atoms with E-state index >= 15 is 14.4 Å². The minimum Gasteiger partial charge on any atom is -0.460 e. The van der Waals surface area contributed by atoms with Crippen LogP contribution in [0.15, 0.2) is 50.8 Å². The Balaban J connectivity index is 4.32. The number of ether oxygens (including phenoxy) is 6. The van der Waals surface area contributed by atoms with Crippen molar-refractivity contribution < 1.29 is 57.2 Å². The maximum Gasteiger partial charge on any atom is 0.408 e. The Morgan fingerprint density at radius 1 is 0.438 bits per heavy atom. The molecule has 1 aromatic rings. The van der Waals surface area contributed by atoms with Crippen LogP contribution < -0.4 is 33.0 Å². The lowest BCUT2D eigenvalue weighted by Gasteiger charge is -2.32. The number of amides is 3. The molecule has 0 radical (unpaired) electrons. The summed E-state index contributed by atoms with van der Waals surface area (Å²) in [5, 5.41) is 7.69. The van der Waals surface area contributed by atoms with Gasteiger partial charge in [0, 0.05) is 42.9 Å². The molecule has 0 saturated carbocycles. The highest BCUT2D eigenvalue weighted by Crippen LogP contribution is 2.12. The Bertz CT molecular complexity index is 2140. The van der Waals surface area contributed by atoms with Crippen molar-refractivity contribution in [1.29, 1.82) is 0 Å². The number of hydrogen-bond donors (Lipinski definition) is 3. The van der Waals surface area contributed by atoms with E-state index in [9.17, 15) is 28.8 Å². The monoisotopic (exact) mass is 1140 g/mol. The number of rotatable bonds is 44. The summed E-state index contributed by atoms with van der Waals surface area (Å²) in [4.78, 5) is 128. The lowest BCUT2D eigenvalue weighted by Crippen LogP contribution is -2.59. The van der Waals surface area contributed by atoms with Gasteiger partial charge in [0.1, 0.15) is 32.0 Å². The van der Waals surface area contributed by atoms with Crippen molar-refractivity contribution in [1.82, 2.24) is 44.4 Å². The van der Waals surface area contributed by atoms with Crippen molar-refractivity contribution in [2.45, 2.75) is 177 Å². The molecule has 1 rings (SSSR count). The van der Waals surface area contributed by atoms with Crippen molar-refractivity contribution in [3.05, 3.63) is 67.9 Å². The lowest BCUT2D eigenvalue weighted by atomic mass is 10.2. The van der Waals surface area contributed by atoms with Crippen LogP contribution in [0.4, 0.5) is 14.4 Å². The zero-order valence-corrected chi connectivity index (χ0v) is 49.7. The van der Waals surface area contributed by atoms with Gasteiger partial charge in [-0.3, -0.25) is 14.7 Å². The highest BCUT2D eigenvalue weighted by molar-refractivity contribution is 5.87. The number of carbonyl (C=O) groups excluding carboxylic acids is 6. The van der Waals surface area contributed by atoms with Gasteiger partial charge in [0.2, 0.25) is 0 Å². The summed E-state index contributed by atoms with van der Waals surface area (Å²) in [5.41, 5.74) is -2.77. The third-order valence-corrected chi connectivity index (χ3v) is 12.4. The van der Waals surface area contributed by atoms with Crippen molar-refractivity contribution in [3.8, 4) is 0 Å². The molecule has 24 heteroatoms. The Kier molecular flexibility index (Phi) is 37.4. The predicted octanol–water partition coefficient (Wildman–Crippen LogP) is 5.48. The quantitative estimate of drug-likeness (QED) is 0.0240. The van der Waals surface area contributed by atoms with Crippen LogP contribution in [0.25, 0.3) is 0 Å². The van der Waals surface area contributed by atoms with Crippen LogP contribution in [-0.2, 0) is 62.4 Å². The molecular weight excluding hydrogens is 1040 g/mol. The Labute approximate surface area is 473 Å². The SMILES string of the molecule is C=C(C)C(=O)OCCNC(=O)OC(CN(CCCC)CCCC)Cn1c(=O)n(CC(CN(CCCC)CCCC)OC(=O)NCCOC(=O)C(=C)C)c(=O)n(CC(OC(=O)NCCOC(=O)C(=C)C)N(CCCC)CCCC)c1=O. The van der Waals surface area contributed by atoms with Gasteiger partial charge in [-0.05, 0) is 85.5 Å². The fourth-order valence-corrected chi connectivity index (χ4v) is 7.83. The van der Waals surface area contributed by atoms with E-state index in [0.29, 0.717) is 52.1 Å². The number of nitrogens with zero attached hydrogens (tertiary/aromatic N) is 6. The summed E-state index contributed by atoms with van der Waals surface area (Å²) in [7, 11) is 0. The van der Waals surface area contributed by atoms with E-state index in [2.05, 4.69) is 45.5 Å². The molecule has 0 aliphatic rings. The van der Waals surface area contributed by atoms with Crippen molar-refractivity contribution in [2.24, 2.45) is 0 Å². The van der Waals surface area contributed by atoms with Gasteiger partial charge < -0.3 is 44.4 Å². The van der Waals surface area contributed by atoms with E-state index in [4.69, 9.17) is 28.4 Å². The Hall–Kier alpha value is -6.27. The summed E-state index contributed by atoms with van der Waals surface area (Å²) in [6.45, 7) is 27.9. The maximum atomic E-state index is 15.2. The summed E-state index contributed by atoms with van der Waals surface area (Å²) in [5.74, 6) is -1.95. The molecule has 0 aromatic carbocycles. The molecule has 24 nitrogen and oxygen atoms in total. The van der Waals surface area contributed by atoms with Gasteiger partial charge in [0.05, 0.1) is 39.3 Å². The molecule has 456 valence electrons. The summed E-state index contributed by atoms with van der Waals surface area (Å²) < 4.78 is 35.9. The summed E-state index contributed by atoms with van der Waals surface area (Å²) in [6.07, 6.45) is 2.88. The highest BCUT2D eigenvalue weighted by Gasteiger charge is 2.30. The van der Waals surface area contributed by atoms with Gasteiger partial charge in [0.25, 0.3) is 0 Å². The fraction of sp³-hybridized carbons (Fsp3) is 0.732. The van der Waals surface area contributed by atoms with Crippen LogP contribution in [-0.4, -0.2) is 175 Å². The molecular formula is C56H97N9O15. The summed E-state index contributed by atoms with van der Waals surface area (Å²) in [6, 6.07) is 0. The van der Waals surface area contributed by atoms with E-state index in [1.807, 2.05) is 46.4 Å². The van der Waals surface area contributed by atoms with E-state index in [1.165, 1.54) is 20.8 Å². The maximum absolute atomic E-state index is 15.2. The molecule has 0 bridgehead atoms. The molecule has 3 unspecified atom stereocenters. The molecule has 0 aliphatic heterocycles. The molecule has 0 fully saturated rings. The number of unbranched alkanes of at least 4 members (excludes halogenated alkanes) is 6. The topological polar surface area (TPSA) is 270 Å². The van der Waals surface area contributed by atoms with E-state index in [1.54, 1.807) is 0 Å². The average Bonchev–Trinajstić information content (AvgIpc) is 3.44. The largest absolute Gasteiger partial charge is 0.460 e. The number of alkyl carbamates (subject to hydrolysis) is 3. The van der Waals surface area contributed by atoms with Crippen molar-refractivity contribution in [3.63, 3.8) is 0 Å². The first-order chi connectivity index (χ1) is 38.2. The standard InChI is InChI=1S/C56H97N9O15/c1-13-19-28-60(29-20-14-2)37-45(78-51(69)57-25-34-75-48(66)42(7)8)39-63-54(72)64(40-46(38-61(30-21-15-3)31-22-16-4)79-52(70)58-26-35-76-49(67)43(9)10)56(74)65(55(63)73)41-47(62(32-23-17-5)33-24-18-6)80-53(71)59-27-36-77-50(68)44(11)12/h45-47H,7,9,11,13-41H2,1-6,8,10,12H3,(H,57,69)(H,58,70)(H,59,71). The van der Waals surface area contributed by atoms with Crippen LogP contribution in [0.5, 0.6) is 0 Å². The molecule has 0 aliphatic carbocycles. The third kappa shape index (κ3) is 29.3. The third-order valence-electron chi connectivity index (χ3n) is 12.4. The zero-order chi connectivity index (χ0) is 60.0. The normalized spacial score (nSPS) is 12.3. The van der Waals surface area contributed by atoms with Crippen LogP contribution in [0, 0.1) is 0 Å². The number of esters is 3. The second-order valence-electron chi connectivity index (χ2n) is 19.9. The van der Waals surface area contributed by atoms with Crippen molar-refractivity contribution >= 4 is 36.2 Å². The van der Waals surface area contributed by atoms with Gasteiger partial charge in [-0.15, -0.1) is 0 Å². The first-order valence-corrected chi connectivity index (χ1v) is 28.6. The predicted molar refractivity (Wildman–Crippen MR) is 305 cm³/mol. The second kappa shape index (κ2) is 41.7. The molecule has 3 atom stereocenters. The molecule has 1 heterocycles. The fourth-order valence-electron chi connectivity index (χ4n) is 7.83. The second-order valence-corrected chi connectivity index (χ2v) is 19.9. The van der Waals surface area contributed by atoms with E-state index in [0.717, 1.165) is 77.9 Å². The van der Waals surface area contributed by atoms with Crippen LogP contribution in [0.1, 0.15) is 139 Å². The first kappa shape index (κ1) is 71.7. The number of aromatic nitrogens is 3. The molecule has 1 aromatic heterocycles. The van der Waals surface area contributed by atoms with Gasteiger partial charge >= 0.3 is 53.3 Å². The minimum atomic E-state index is -1.28. The molecule has 0 saturated heterocycles. The zero-order valence-electron chi connectivity index (χ0n) is 49.7. The van der Waals surface area contributed by atoms with Crippen LogP contribution in [0.2, 0.25) is 0 Å². The Morgan fingerprint density at radius 2 is 0.713 bits per heavy atom. The van der Waals surface area contributed by atoms with E-state index in [-0.39, 0.29) is 69.3 Å². The number of carbonyl (C=O) groups is 6. The number of hydrogen-bond acceptors (Lipinski definition) is 18. The van der Waals surface area contributed by atoms with Crippen LogP contribution in [0.3, 0.4) is 0 Å². The molecule has 3 N–H and O–H groups in total. The minimum absolute atomic E-state index is 0.0654.